The van der Waals surface area contributed by atoms with Gasteiger partial charge >= 0.3 is 5.97 Å². The molecule has 2 aromatic heterocycles. The number of nitrogen functional groups attached to an aromatic ring is 1. The molecule has 1 unspecified atom stereocenters. The number of carbonyl (C=O) groups excluding carboxylic acids is 2. The molecule has 0 bridgehead atoms. The van der Waals surface area contributed by atoms with Gasteiger partial charge in [-0.05, 0) is 44.5 Å². The number of nitrogens with zero attached hydrogens (tertiary/aromatic N) is 6. The molecular weight excluding hydrogens is 656 g/mol. The molecule has 19 heteroatoms. The van der Waals surface area contributed by atoms with Gasteiger partial charge in [0.1, 0.15) is 5.69 Å². The maximum absolute atomic E-state index is 13.4. The topological polar surface area (TPSA) is 240 Å². The lowest BCUT2D eigenvalue weighted by atomic mass is 9.74. The number of thiazole rings is 1. The van der Waals surface area contributed by atoms with Gasteiger partial charge in [0.2, 0.25) is 22.7 Å². The van der Waals surface area contributed by atoms with Gasteiger partial charge in [0.15, 0.2) is 23.7 Å². The number of carbonyl (C=O) groups is 3. The summed E-state index contributed by atoms with van der Waals surface area (Å²) in [6.07, 6.45) is 2.85. The van der Waals surface area contributed by atoms with Crippen LogP contribution in [0.5, 0.6) is 0 Å². The van der Waals surface area contributed by atoms with Gasteiger partial charge in [-0.3, -0.25) is 9.59 Å². The number of hydroxylamine groups is 2. The van der Waals surface area contributed by atoms with Crippen LogP contribution >= 0.6 is 11.3 Å². The Hall–Kier alpha value is -4.43. The van der Waals surface area contributed by atoms with E-state index in [1.165, 1.54) is 19.2 Å². The van der Waals surface area contributed by atoms with E-state index in [2.05, 4.69) is 19.1 Å². The van der Waals surface area contributed by atoms with E-state index in [1.54, 1.807) is 11.9 Å². The summed E-state index contributed by atoms with van der Waals surface area (Å²) < 4.78 is 41.3. The Morgan fingerprint density at radius 1 is 1.28 bits per heavy atom. The van der Waals surface area contributed by atoms with Crippen molar-refractivity contribution >= 4 is 55.9 Å². The van der Waals surface area contributed by atoms with Crippen molar-refractivity contribution in [2.75, 3.05) is 30.8 Å². The standard InChI is InChI=1S/C28H36N8O9S2/c1-28(2)20(25(38)36(28)45-47(41,42)43)12-22(37)24(21-16-46-27(30)31-21)32-44-23(26(39)40)15-33(3)19-8-6-17(7-9-19)18-13-34(4)35(14-18)11-5-10-29/h6-9,13-14,16,20,23H,5,10-12,15,29H2,1-4H3,(H3-,30,31,39,40,41,42,43)/b32-24-/t20-,23?/m1/s1. The van der Waals surface area contributed by atoms with E-state index < -0.39 is 52.0 Å². The quantitative estimate of drug-likeness (QED) is 0.0457. The third-order valence-electron chi connectivity index (χ3n) is 7.70. The molecule has 4 rings (SSSR count). The van der Waals surface area contributed by atoms with E-state index in [9.17, 15) is 32.5 Å². The van der Waals surface area contributed by atoms with Crippen molar-refractivity contribution in [3.05, 3.63) is 47.7 Å². The Morgan fingerprint density at radius 2 is 1.96 bits per heavy atom. The number of benzene rings is 1. The molecule has 1 aliphatic rings. The van der Waals surface area contributed by atoms with Gasteiger partial charge in [0.25, 0.3) is 5.91 Å². The minimum atomic E-state index is -5.23. The lowest BCUT2D eigenvalue weighted by molar-refractivity contribution is -0.753. The van der Waals surface area contributed by atoms with Gasteiger partial charge in [-0.15, -0.1) is 16.0 Å². The largest absolute Gasteiger partial charge is 0.724 e. The first-order valence-corrected chi connectivity index (χ1v) is 16.5. The lowest BCUT2D eigenvalue weighted by Crippen LogP contribution is -2.68. The molecule has 0 spiro atoms. The highest BCUT2D eigenvalue weighted by atomic mass is 32.3. The number of aliphatic carboxylic acids is 1. The molecule has 3 aromatic rings. The molecule has 1 aliphatic heterocycles. The van der Waals surface area contributed by atoms with Crippen LogP contribution in [0.15, 0.2) is 47.2 Å². The molecule has 2 atom stereocenters. The highest BCUT2D eigenvalue weighted by Gasteiger charge is 2.57. The number of aryl methyl sites for hydroxylation is 2. The number of ketones is 1. The molecule has 5 N–H and O–H groups in total. The summed E-state index contributed by atoms with van der Waals surface area (Å²) in [5.41, 5.74) is 12.3. The van der Waals surface area contributed by atoms with Crippen LogP contribution in [0.3, 0.4) is 0 Å². The summed E-state index contributed by atoms with van der Waals surface area (Å²) in [6.45, 7) is 4.04. The van der Waals surface area contributed by atoms with Crippen molar-refractivity contribution in [2.24, 2.45) is 23.9 Å². The normalized spacial score (nSPS) is 16.9. The number of rotatable bonds is 16. The second kappa shape index (κ2) is 14.1. The van der Waals surface area contributed by atoms with Gasteiger partial charge in [-0.1, -0.05) is 17.3 Å². The molecule has 17 nitrogen and oxygen atoms in total. The van der Waals surface area contributed by atoms with Crippen LogP contribution in [0.4, 0.5) is 10.8 Å². The Morgan fingerprint density at radius 3 is 2.51 bits per heavy atom. The van der Waals surface area contributed by atoms with Crippen molar-refractivity contribution in [1.29, 1.82) is 0 Å². The summed E-state index contributed by atoms with van der Waals surface area (Å²) in [7, 11) is -1.61. The Balaban J connectivity index is 1.48. The summed E-state index contributed by atoms with van der Waals surface area (Å²) >= 11 is 0.998. The molecule has 47 heavy (non-hydrogen) atoms. The number of anilines is 2. The Bertz CT molecular complexity index is 1770. The first kappa shape index (κ1) is 35.4. The van der Waals surface area contributed by atoms with E-state index in [0.29, 0.717) is 17.3 Å². The van der Waals surface area contributed by atoms with E-state index in [1.807, 2.05) is 48.4 Å². The minimum absolute atomic E-state index is 0.00402. The number of nitrogens with two attached hydrogens (primary N) is 2. The number of hydrogen-bond donors (Lipinski definition) is 3. The molecule has 0 radical (unpaired) electrons. The zero-order chi connectivity index (χ0) is 34.7. The highest BCUT2D eigenvalue weighted by Crippen LogP contribution is 2.40. The van der Waals surface area contributed by atoms with Crippen LogP contribution in [0, 0.1) is 5.92 Å². The predicted octanol–water partition coefficient (Wildman–Crippen LogP) is 0.265. The molecule has 1 fully saturated rings. The molecule has 3 heterocycles. The number of aromatic nitrogens is 3. The maximum atomic E-state index is 13.4. The van der Waals surface area contributed by atoms with E-state index in [4.69, 9.17) is 16.3 Å². The number of β-lactam (4-membered cyclic amide) rings is 1. The van der Waals surface area contributed by atoms with Crippen molar-refractivity contribution in [3.8, 4) is 11.1 Å². The first-order valence-electron chi connectivity index (χ1n) is 14.3. The van der Waals surface area contributed by atoms with Gasteiger partial charge < -0.3 is 30.9 Å². The van der Waals surface area contributed by atoms with E-state index >= 15 is 0 Å². The van der Waals surface area contributed by atoms with Crippen molar-refractivity contribution < 1.29 is 46.3 Å². The summed E-state index contributed by atoms with van der Waals surface area (Å²) in [5, 5.41) is 15.7. The van der Waals surface area contributed by atoms with Gasteiger partial charge in [-0.25, -0.2) is 18.2 Å². The van der Waals surface area contributed by atoms with Crippen LogP contribution in [0.25, 0.3) is 11.1 Å². The van der Waals surface area contributed by atoms with Crippen molar-refractivity contribution in [3.63, 3.8) is 0 Å². The van der Waals surface area contributed by atoms with Crippen molar-refractivity contribution in [2.45, 2.75) is 44.9 Å². The molecule has 0 aliphatic carbocycles. The second-order valence-electron chi connectivity index (χ2n) is 11.4. The average Bonchev–Trinajstić information content (AvgIpc) is 3.61. The van der Waals surface area contributed by atoms with Crippen LogP contribution in [0.2, 0.25) is 0 Å². The Kier molecular flexibility index (Phi) is 10.7. The zero-order valence-corrected chi connectivity index (χ0v) is 27.7. The monoisotopic (exact) mass is 692 g/mol. The average molecular weight is 693 g/mol. The lowest BCUT2D eigenvalue weighted by Gasteiger charge is -2.51. The molecule has 0 saturated carbocycles. The molecular formula is C28H36N8O9S2. The molecule has 254 valence electrons. The number of carboxylic acid groups (broad SMARTS) is 1. The summed E-state index contributed by atoms with van der Waals surface area (Å²) in [6, 6.07) is 7.50. The third kappa shape index (κ3) is 8.30. The van der Waals surface area contributed by atoms with Gasteiger partial charge in [0, 0.05) is 24.5 Å². The van der Waals surface area contributed by atoms with Crippen LogP contribution in [0.1, 0.15) is 32.4 Å². The predicted molar refractivity (Wildman–Crippen MR) is 168 cm³/mol. The van der Waals surface area contributed by atoms with Crippen LogP contribution in [-0.2, 0) is 47.5 Å². The highest BCUT2D eigenvalue weighted by molar-refractivity contribution is 7.80. The number of likely N-dealkylation sites (N-methyl/N-ethyl adjacent to an activating group) is 1. The second-order valence-corrected chi connectivity index (χ2v) is 13.3. The minimum Gasteiger partial charge on any atom is -0.724 e. The third-order valence-corrected chi connectivity index (χ3v) is 8.70. The zero-order valence-electron chi connectivity index (χ0n) is 26.1. The Labute approximate surface area is 274 Å². The van der Waals surface area contributed by atoms with Crippen LogP contribution in [-0.4, -0.2) is 88.0 Å². The first-order chi connectivity index (χ1) is 22.0. The summed E-state index contributed by atoms with van der Waals surface area (Å²) in [5.74, 6) is -4.11. The number of carboxylic acids is 1. The van der Waals surface area contributed by atoms with E-state index in [0.717, 1.165) is 35.4 Å². The van der Waals surface area contributed by atoms with E-state index in [-0.39, 0.29) is 23.1 Å². The summed E-state index contributed by atoms with van der Waals surface area (Å²) in [4.78, 5) is 49.2. The molecule has 1 saturated heterocycles. The fourth-order valence-electron chi connectivity index (χ4n) is 5.00. The van der Waals surface area contributed by atoms with Crippen molar-refractivity contribution in [1.82, 2.24) is 14.7 Å². The number of amides is 1. The number of Topliss-reactive ketones (excluding diaryl/α,β-unsaturated/α-hetero) is 1. The smallest absolute Gasteiger partial charge is 0.349 e. The fourth-order valence-corrected chi connectivity index (χ4v) is 6.00. The molecule has 1 amide bonds. The van der Waals surface area contributed by atoms with Crippen LogP contribution < -0.4 is 21.0 Å². The number of oxime groups is 1. The number of hydrogen-bond acceptors (Lipinski definition) is 14. The van der Waals surface area contributed by atoms with Gasteiger partial charge in [0.05, 0.1) is 36.3 Å². The molecule has 1 aromatic carbocycles. The maximum Gasteiger partial charge on any atom is 0.349 e. The SMILES string of the molecule is CN(CC(O/N=C(\C(=O)C[C@@H]1C(=O)N(OS(=O)(=O)[O-])C1(C)C)c1csc(N)n1)C(=O)O)c1ccc(-c2cn(CCCN)[n+](C)c2)cc1. The fraction of sp³-hybridized carbons (Fsp3) is 0.429. The van der Waals surface area contributed by atoms with Gasteiger partial charge in [-0.2, -0.15) is 14.0 Å².